The summed E-state index contributed by atoms with van der Waals surface area (Å²) in [4.78, 5) is 11.3. The number of halogens is 1. The predicted molar refractivity (Wildman–Crippen MR) is 72.0 cm³/mol. The van der Waals surface area contributed by atoms with Crippen LogP contribution >= 0.6 is 0 Å². The van der Waals surface area contributed by atoms with E-state index in [1.54, 1.807) is 12.1 Å². The highest BCUT2D eigenvalue weighted by molar-refractivity contribution is 5.87. The lowest BCUT2D eigenvalue weighted by molar-refractivity contribution is 0.0589. The Hall–Kier alpha value is -3.09. The number of ether oxygens (including phenoxy) is 2. The Labute approximate surface area is 124 Å². The fraction of sp³-hybridized carbons (Fsp3) is 0.0667. The third-order valence-corrected chi connectivity index (χ3v) is 2.76. The molecule has 6 nitrogen and oxygen atoms in total. The number of methoxy groups -OCH3 is 1. The van der Waals surface area contributed by atoms with Gasteiger partial charge in [-0.05, 0) is 30.3 Å². The maximum atomic E-state index is 12.8. The number of aromatic nitrogens is 1. The molecule has 0 N–H and O–H groups in total. The second kappa shape index (κ2) is 5.72. The molecule has 2 aromatic heterocycles. The Morgan fingerprint density at radius 1 is 1.14 bits per heavy atom. The van der Waals surface area contributed by atoms with Crippen molar-refractivity contribution in [2.75, 3.05) is 7.11 Å². The number of nitrogens with zero attached hydrogens (tertiary/aromatic N) is 1. The summed E-state index contributed by atoms with van der Waals surface area (Å²) in [5.74, 6) is 0.246. The normalized spacial score (nSPS) is 10.5. The molecule has 0 radical (unpaired) electrons. The summed E-state index contributed by atoms with van der Waals surface area (Å²) in [5.41, 5.74) is 0.0369. The van der Waals surface area contributed by atoms with Crippen molar-refractivity contribution in [1.29, 1.82) is 0 Å². The first-order valence-corrected chi connectivity index (χ1v) is 6.24. The standard InChI is InChI=1S/C15H10FNO5/c1-19-15(18)11-8-13(22-17-11)12-6-7-14(21-12)20-10-4-2-9(16)3-5-10/h2-8H,1H3. The van der Waals surface area contributed by atoms with Crippen LogP contribution in [0.3, 0.4) is 0 Å². The number of hydrogen-bond acceptors (Lipinski definition) is 6. The number of rotatable bonds is 4. The van der Waals surface area contributed by atoms with Crippen molar-refractivity contribution in [3.8, 4) is 23.2 Å². The maximum Gasteiger partial charge on any atom is 0.360 e. The fourth-order valence-electron chi connectivity index (χ4n) is 1.72. The average molecular weight is 303 g/mol. The summed E-state index contributed by atoms with van der Waals surface area (Å²) in [7, 11) is 1.25. The molecule has 0 aliphatic carbocycles. The molecule has 0 bridgehead atoms. The third-order valence-electron chi connectivity index (χ3n) is 2.76. The molecule has 0 saturated carbocycles. The van der Waals surface area contributed by atoms with E-state index in [1.165, 1.54) is 37.4 Å². The zero-order valence-corrected chi connectivity index (χ0v) is 11.4. The molecule has 0 fully saturated rings. The minimum absolute atomic E-state index is 0.0369. The van der Waals surface area contributed by atoms with E-state index in [0.717, 1.165) is 0 Å². The topological polar surface area (TPSA) is 74.7 Å². The van der Waals surface area contributed by atoms with Crippen LogP contribution in [0.2, 0.25) is 0 Å². The van der Waals surface area contributed by atoms with Gasteiger partial charge in [0.05, 0.1) is 7.11 Å². The van der Waals surface area contributed by atoms with Crippen LogP contribution in [0.5, 0.6) is 11.7 Å². The smallest absolute Gasteiger partial charge is 0.360 e. The molecule has 7 heteroatoms. The third kappa shape index (κ3) is 2.83. The van der Waals surface area contributed by atoms with Crippen molar-refractivity contribution >= 4 is 5.97 Å². The van der Waals surface area contributed by atoms with Crippen LogP contribution < -0.4 is 4.74 Å². The molecular formula is C15H10FNO5. The van der Waals surface area contributed by atoms with E-state index in [1.807, 2.05) is 0 Å². The van der Waals surface area contributed by atoms with Crippen molar-refractivity contribution in [2.45, 2.75) is 0 Å². The number of esters is 1. The van der Waals surface area contributed by atoms with Gasteiger partial charge >= 0.3 is 5.97 Å². The van der Waals surface area contributed by atoms with E-state index >= 15 is 0 Å². The first kappa shape index (κ1) is 13.9. The van der Waals surface area contributed by atoms with Crippen molar-refractivity contribution in [1.82, 2.24) is 5.16 Å². The zero-order chi connectivity index (χ0) is 15.5. The summed E-state index contributed by atoms with van der Waals surface area (Å²) >= 11 is 0. The maximum absolute atomic E-state index is 12.8. The molecule has 0 unspecified atom stereocenters. The minimum Gasteiger partial charge on any atom is -0.464 e. The van der Waals surface area contributed by atoms with Crippen molar-refractivity contribution in [2.24, 2.45) is 0 Å². The lowest BCUT2D eigenvalue weighted by Crippen LogP contribution is -2.00. The first-order valence-electron chi connectivity index (χ1n) is 6.24. The number of furan rings is 1. The van der Waals surface area contributed by atoms with E-state index in [4.69, 9.17) is 13.7 Å². The van der Waals surface area contributed by atoms with Gasteiger partial charge in [0.25, 0.3) is 5.95 Å². The fourth-order valence-corrected chi connectivity index (χ4v) is 1.72. The van der Waals surface area contributed by atoms with Gasteiger partial charge in [-0.15, -0.1) is 0 Å². The SMILES string of the molecule is COC(=O)c1cc(-c2ccc(Oc3ccc(F)cc3)o2)on1. The number of carbonyl (C=O) groups excluding carboxylic acids is 1. The van der Waals surface area contributed by atoms with Crippen LogP contribution in [-0.4, -0.2) is 18.2 Å². The van der Waals surface area contributed by atoms with E-state index in [-0.39, 0.29) is 23.2 Å². The summed E-state index contributed by atoms with van der Waals surface area (Å²) in [5, 5.41) is 3.57. The van der Waals surface area contributed by atoms with Crippen molar-refractivity contribution in [3.63, 3.8) is 0 Å². The molecule has 0 aliphatic rings. The molecule has 0 atom stereocenters. The Balaban J connectivity index is 1.77. The van der Waals surface area contributed by atoms with E-state index in [9.17, 15) is 9.18 Å². The average Bonchev–Trinajstić information content (AvgIpc) is 3.18. The van der Waals surface area contributed by atoms with Gasteiger partial charge in [-0.3, -0.25) is 0 Å². The Bertz CT molecular complexity index is 790. The first-order chi connectivity index (χ1) is 10.7. The van der Waals surface area contributed by atoms with E-state index in [0.29, 0.717) is 11.5 Å². The minimum atomic E-state index is -0.607. The van der Waals surface area contributed by atoms with Crippen LogP contribution in [0.4, 0.5) is 4.39 Å². The van der Waals surface area contributed by atoms with Crippen LogP contribution in [0.15, 0.2) is 51.4 Å². The molecule has 0 saturated heterocycles. The molecule has 3 rings (SSSR count). The van der Waals surface area contributed by atoms with Gasteiger partial charge < -0.3 is 18.4 Å². The molecular weight excluding hydrogens is 293 g/mol. The Kier molecular flexibility index (Phi) is 3.61. The second-order valence-electron chi connectivity index (χ2n) is 4.24. The number of carbonyl (C=O) groups is 1. The second-order valence-corrected chi connectivity index (χ2v) is 4.24. The largest absolute Gasteiger partial charge is 0.464 e. The highest BCUT2D eigenvalue weighted by Gasteiger charge is 2.16. The van der Waals surface area contributed by atoms with E-state index < -0.39 is 5.97 Å². The van der Waals surface area contributed by atoms with Gasteiger partial charge in [0.2, 0.25) is 5.76 Å². The summed E-state index contributed by atoms with van der Waals surface area (Å²) < 4.78 is 33.2. The van der Waals surface area contributed by atoms with Gasteiger partial charge in [-0.2, -0.15) is 0 Å². The van der Waals surface area contributed by atoms with Crippen molar-refractivity contribution < 1.29 is 27.6 Å². The predicted octanol–water partition coefficient (Wildman–Crippen LogP) is 3.65. The van der Waals surface area contributed by atoms with Crippen molar-refractivity contribution in [3.05, 3.63) is 54.0 Å². The van der Waals surface area contributed by atoms with Crippen LogP contribution in [-0.2, 0) is 4.74 Å². The lowest BCUT2D eigenvalue weighted by Gasteiger charge is -2.00. The number of hydrogen-bond donors (Lipinski definition) is 0. The van der Waals surface area contributed by atoms with Gasteiger partial charge in [0.15, 0.2) is 11.5 Å². The molecule has 112 valence electrons. The van der Waals surface area contributed by atoms with Crippen LogP contribution in [0, 0.1) is 5.82 Å². The molecule has 1 aromatic carbocycles. The molecule has 2 heterocycles. The number of benzene rings is 1. The van der Waals surface area contributed by atoms with Gasteiger partial charge in [-0.1, -0.05) is 5.16 Å². The lowest BCUT2D eigenvalue weighted by atomic mass is 10.3. The Morgan fingerprint density at radius 3 is 2.64 bits per heavy atom. The Morgan fingerprint density at radius 2 is 1.91 bits per heavy atom. The van der Waals surface area contributed by atoms with Gasteiger partial charge in [0.1, 0.15) is 11.6 Å². The molecule has 0 amide bonds. The van der Waals surface area contributed by atoms with E-state index in [2.05, 4.69) is 9.89 Å². The monoisotopic (exact) mass is 303 g/mol. The van der Waals surface area contributed by atoms with Gasteiger partial charge in [-0.25, -0.2) is 9.18 Å². The summed E-state index contributed by atoms with van der Waals surface area (Å²) in [6, 6.07) is 10.1. The highest BCUT2D eigenvalue weighted by Crippen LogP contribution is 2.30. The van der Waals surface area contributed by atoms with Gasteiger partial charge in [0, 0.05) is 12.1 Å². The molecule has 0 aliphatic heterocycles. The molecule has 0 spiro atoms. The molecule has 22 heavy (non-hydrogen) atoms. The molecule has 3 aromatic rings. The van der Waals surface area contributed by atoms with Crippen LogP contribution in [0.1, 0.15) is 10.5 Å². The summed E-state index contributed by atoms with van der Waals surface area (Å²) in [6.45, 7) is 0. The highest BCUT2D eigenvalue weighted by atomic mass is 19.1. The zero-order valence-electron chi connectivity index (χ0n) is 11.4. The summed E-state index contributed by atoms with van der Waals surface area (Å²) in [6.07, 6.45) is 0. The van der Waals surface area contributed by atoms with Crippen LogP contribution in [0.25, 0.3) is 11.5 Å². The quantitative estimate of drug-likeness (QED) is 0.685.